The number of benzene rings is 1. The maximum atomic E-state index is 5.54. The second-order valence-corrected chi connectivity index (χ2v) is 6.18. The van der Waals surface area contributed by atoms with Gasteiger partial charge in [0.15, 0.2) is 12.2 Å². The van der Waals surface area contributed by atoms with Crippen molar-refractivity contribution in [2.45, 2.75) is 25.4 Å². The van der Waals surface area contributed by atoms with Gasteiger partial charge in [0.2, 0.25) is 0 Å². The number of nitrogens with one attached hydrogen (secondary N) is 1. The van der Waals surface area contributed by atoms with Crippen LogP contribution in [0, 0.1) is 0 Å². The highest BCUT2D eigenvalue weighted by Crippen LogP contribution is 2.33. The van der Waals surface area contributed by atoms with Crippen molar-refractivity contribution >= 4 is 31.9 Å². The molecule has 3 rings (SSSR count). The van der Waals surface area contributed by atoms with E-state index in [1.165, 1.54) is 19.2 Å². The topological polar surface area (TPSA) is 38.1 Å². The minimum atomic E-state index is 0.667. The molecule has 0 atom stereocenters. The number of aromatic nitrogens is 1. The predicted octanol–water partition coefficient (Wildman–Crippen LogP) is 4.12. The zero-order chi connectivity index (χ0) is 12.5. The van der Waals surface area contributed by atoms with E-state index in [9.17, 15) is 0 Å². The van der Waals surface area contributed by atoms with E-state index in [0.717, 1.165) is 32.5 Å². The number of rotatable bonds is 4. The van der Waals surface area contributed by atoms with Crippen LogP contribution in [0.5, 0.6) is 0 Å². The molecule has 0 amide bonds. The highest BCUT2D eigenvalue weighted by atomic mass is 79.9. The molecule has 0 saturated heterocycles. The maximum Gasteiger partial charge on any atom is 0.181 e. The summed E-state index contributed by atoms with van der Waals surface area (Å²) >= 11 is 7.03. The van der Waals surface area contributed by atoms with Gasteiger partial charge in [-0.3, -0.25) is 0 Å². The van der Waals surface area contributed by atoms with E-state index in [0.29, 0.717) is 6.04 Å². The fourth-order valence-corrected chi connectivity index (χ4v) is 2.60. The zero-order valence-corrected chi connectivity index (χ0v) is 12.8. The molecule has 18 heavy (non-hydrogen) atoms. The molecule has 0 unspecified atom stereocenters. The molecule has 0 radical (unpaired) electrons. The zero-order valence-electron chi connectivity index (χ0n) is 9.62. The third-order valence-electron chi connectivity index (χ3n) is 2.95. The van der Waals surface area contributed by atoms with Crippen LogP contribution >= 0.6 is 31.9 Å². The summed E-state index contributed by atoms with van der Waals surface area (Å²) in [5.74, 6) is 0.830. The first-order valence-corrected chi connectivity index (χ1v) is 7.44. The lowest BCUT2D eigenvalue weighted by molar-refractivity contribution is 0.569. The van der Waals surface area contributed by atoms with Gasteiger partial charge in [-0.05, 0) is 31.0 Å². The van der Waals surface area contributed by atoms with Crippen molar-refractivity contribution in [1.29, 1.82) is 0 Å². The molecule has 1 aliphatic carbocycles. The molecular formula is C13H12Br2N2O. The molecule has 3 nitrogen and oxygen atoms in total. The summed E-state index contributed by atoms with van der Waals surface area (Å²) in [6.07, 6.45) is 4.05. The largest absolute Gasteiger partial charge is 0.443 e. The number of oxazole rings is 1. The standard InChI is InChI=1S/C13H12Br2N2O/c14-8-1-4-11(15)10(5-8)13-12(17-7-18-13)6-16-9-2-3-9/h1,4-5,7,9,16H,2-3,6H2. The van der Waals surface area contributed by atoms with Gasteiger partial charge in [0.05, 0.1) is 0 Å². The van der Waals surface area contributed by atoms with Gasteiger partial charge in [0.1, 0.15) is 5.69 Å². The van der Waals surface area contributed by atoms with Gasteiger partial charge in [-0.25, -0.2) is 4.98 Å². The Kier molecular flexibility index (Phi) is 3.54. The molecule has 94 valence electrons. The van der Waals surface area contributed by atoms with Gasteiger partial charge < -0.3 is 9.73 Å². The van der Waals surface area contributed by atoms with Crippen molar-refractivity contribution in [2.75, 3.05) is 0 Å². The van der Waals surface area contributed by atoms with Gasteiger partial charge in [-0.2, -0.15) is 0 Å². The predicted molar refractivity (Wildman–Crippen MR) is 77.2 cm³/mol. The van der Waals surface area contributed by atoms with Crippen molar-refractivity contribution < 1.29 is 4.42 Å². The minimum absolute atomic E-state index is 0.667. The Bertz CT molecular complexity index is 564. The number of nitrogens with zero attached hydrogens (tertiary/aromatic N) is 1. The van der Waals surface area contributed by atoms with Gasteiger partial charge in [-0.15, -0.1) is 0 Å². The molecule has 1 aliphatic rings. The summed E-state index contributed by atoms with van der Waals surface area (Å²) in [4.78, 5) is 4.30. The Morgan fingerprint density at radius 3 is 2.94 bits per heavy atom. The average molecular weight is 372 g/mol. The van der Waals surface area contributed by atoms with Crippen LogP contribution in [0.15, 0.2) is 38.0 Å². The fourth-order valence-electron chi connectivity index (χ4n) is 1.81. The molecule has 1 aromatic heterocycles. The summed E-state index contributed by atoms with van der Waals surface area (Å²) in [6, 6.07) is 6.69. The van der Waals surface area contributed by atoms with E-state index in [2.05, 4.69) is 42.2 Å². The molecule has 1 N–H and O–H groups in total. The summed E-state index contributed by atoms with van der Waals surface area (Å²) in [7, 11) is 0. The minimum Gasteiger partial charge on any atom is -0.443 e. The van der Waals surface area contributed by atoms with Crippen molar-refractivity contribution in [3.8, 4) is 11.3 Å². The lowest BCUT2D eigenvalue weighted by Gasteiger charge is -2.05. The van der Waals surface area contributed by atoms with Crippen LogP contribution in [0.1, 0.15) is 18.5 Å². The molecule has 1 aromatic carbocycles. The number of hydrogen-bond acceptors (Lipinski definition) is 3. The van der Waals surface area contributed by atoms with Gasteiger partial charge in [0, 0.05) is 27.1 Å². The van der Waals surface area contributed by atoms with E-state index < -0.39 is 0 Å². The van der Waals surface area contributed by atoms with Crippen molar-refractivity contribution in [3.05, 3.63) is 39.2 Å². The third-order valence-corrected chi connectivity index (χ3v) is 4.13. The van der Waals surface area contributed by atoms with E-state index in [1.807, 2.05) is 18.2 Å². The van der Waals surface area contributed by atoms with Crippen LogP contribution < -0.4 is 5.32 Å². The summed E-state index contributed by atoms with van der Waals surface area (Å²) in [5, 5.41) is 3.45. The molecule has 1 fully saturated rings. The fraction of sp³-hybridized carbons (Fsp3) is 0.308. The van der Waals surface area contributed by atoms with E-state index >= 15 is 0 Å². The number of halogens is 2. The molecule has 5 heteroatoms. The Balaban J connectivity index is 1.90. The molecule has 0 aliphatic heterocycles. The smallest absolute Gasteiger partial charge is 0.181 e. The van der Waals surface area contributed by atoms with Crippen LogP contribution in [0.2, 0.25) is 0 Å². The van der Waals surface area contributed by atoms with Gasteiger partial charge in [0.25, 0.3) is 0 Å². The monoisotopic (exact) mass is 370 g/mol. The van der Waals surface area contributed by atoms with Crippen LogP contribution in [-0.2, 0) is 6.54 Å². The van der Waals surface area contributed by atoms with Gasteiger partial charge >= 0.3 is 0 Å². The first-order valence-electron chi connectivity index (χ1n) is 5.85. The SMILES string of the molecule is Brc1ccc(Br)c(-c2ocnc2CNC2CC2)c1. The normalized spacial score (nSPS) is 15.0. The third kappa shape index (κ3) is 2.68. The lowest BCUT2D eigenvalue weighted by Crippen LogP contribution is -2.16. The molecule has 1 saturated carbocycles. The first-order chi connectivity index (χ1) is 8.74. The molecule has 1 heterocycles. The Morgan fingerprint density at radius 2 is 2.17 bits per heavy atom. The highest BCUT2D eigenvalue weighted by Gasteiger charge is 2.22. The molecule has 0 spiro atoms. The van der Waals surface area contributed by atoms with E-state index in [4.69, 9.17) is 4.42 Å². The Labute approximate surface area is 122 Å². The van der Waals surface area contributed by atoms with Crippen LogP contribution in [0.4, 0.5) is 0 Å². The Hall–Kier alpha value is -0.650. The summed E-state index contributed by atoms with van der Waals surface area (Å²) in [6.45, 7) is 0.759. The molecular weight excluding hydrogens is 360 g/mol. The first kappa shape index (κ1) is 12.4. The van der Waals surface area contributed by atoms with E-state index in [1.54, 1.807) is 0 Å². The quantitative estimate of drug-likeness (QED) is 0.878. The summed E-state index contributed by atoms with van der Waals surface area (Å²) in [5.41, 5.74) is 1.98. The molecule has 2 aromatic rings. The number of hydrogen-bond donors (Lipinski definition) is 1. The van der Waals surface area contributed by atoms with Crippen molar-refractivity contribution in [1.82, 2.24) is 10.3 Å². The molecule has 0 bridgehead atoms. The Morgan fingerprint density at radius 1 is 1.33 bits per heavy atom. The summed E-state index contributed by atoms with van der Waals surface area (Å²) < 4.78 is 7.57. The highest BCUT2D eigenvalue weighted by molar-refractivity contribution is 9.11. The van der Waals surface area contributed by atoms with Crippen LogP contribution in [0.3, 0.4) is 0 Å². The van der Waals surface area contributed by atoms with Crippen molar-refractivity contribution in [3.63, 3.8) is 0 Å². The lowest BCUT2D eigenvalue weighted by atomic mass is 10.1. The second-order valence-electron chi connectivity index (χ2n) is 4.41. The second kappa shape index (κ2) is 5.15. The van der Waals surface area contributed by atoms with Crippen molar-refractivity contribution in [2.24, 2.45) is 0 Å². The van der Waals surface area contributed by atoms with Crippen LogP contribution in [0.25, 0.3) is 11.3 Å². The average Bonchev–Trinajstić information content (AvgIpc) is 3.08. The van der Waals surface area contributed by atoms with Gasteiger partial charge in [-0.1, -0.05) is 31.9 Å². The van der Waals surface area contributed by atoms with Crippen LogP contribution in [-0.4, -0.2) is 11.0 Å². The van der Waals surface area contributed by atoms with E-state index in [-0.39, 0.29) is 0 Å². The maximum absolute atomic E-state index is 5.54.